The van der Waals surface area contributed by atoms with Gasteiger partial charge in [-0.3, -0.25) is 0 Å². The summed E-state index contributed by atoms with van der Waals surface area (Å²) in [4.78, 5) is 5.65. The Morgan fingerprint density at radius 2 is 2.21 bits per heavy atom. The summed E-state index contributed by atoms with van der Waals surface area (Å²) >= 11 is 1.46. The van der Waals surface area contributed by atoms with Gasteiger partial charge in [-0.2, -0.15) is 0 Å². The summed E-state index contributed by atoms with van der Waals surface area (Å²) in [6.45, 7) is 0. The fraction of sp³-hybridized carbons (Fsp3) is 0.357. The van der Waals surface area contributed by atoms with E-state index in [1.807, 2.05) is 7.05 Å². The number of aromatic nitrogens is 1. The molecule has 0 spiro atoms. The second-order valence-electron chi connectivity index (χ2n) is 4.69. The van der Waals surface area contributed by atoms with Crippen LogP contribution in [0.25, 0.3) is 10.6 Å². The fourth-order valence-electron chi connectivity index (χ4n) is 2.47. The second kappa shape index (κ2) is 4.98. The molecule has 2 nitrogen and oxygen atoms in total. The number of nitrogens with zero attached hydrogens (tertiary/aromatic N) is 1. The van der Waals surface area contributed by atoms with Crippen LogP contribution in [-0.4, -0.2) is 12.0 Å². The van der Waals surface area contributed by atoms with E-state index in [1.54, 1.807) is 0 Å². The van der Waals surface area contributed by atoms with Crippen LogP contribution in [0.2, 0.25) is 0 Å². The van der Waals surface area contributed by atoms with Crippen LogP contribution in [0.1, 0.15) is 29.5 Å². The minimum atomic E-state index is -0.435. The SMILES string of the molecule is CNC1CCCc2nc(-c3cc(F)ccc3F)sc21. The van der Waals surface area contributed by atoms with Crippen molar-refractivity contribution in [2.45, 2.75) is 25.3 Å². The lowest BCUT2D eigenvalue weighted by Gasteiger charge is -2.19. The summed E-state index contributed by atoms with van der Waals surface area (Å²) < 4.78 is 27.0. The highest BCUT2D eigenvalue weighted by molar-refractivity contribution is 7.15. The van der Waals surface area contributed by atoms with Gasteiger partial charge < -0.3 is 5.32 Å². The molecule has 1 N–H and O–H groups in total. The number of hydrogen-bond donors (Lipinski definition) is 1. The highest BCUT2D eigenvalue weighted by Gasteiger charge is 2.24. The van der Waals surface area contributed by atoms with Gasteiger partial charge in [0.1, 0.15) is 16.6 Å². The van der Waals surface area contributed by atoms with Crippen molar-refractivity contribution >= 4 is 11.3 Å². The third kappa shape index (κ3) is 2.28. The topological polar surface area (TPSA) is 24.9 Å². The summed E-state index contributed by atoms with van der Waals surface area (Å²) in [6.07, 6.45) is 3.06. The Kier molecular flexibility index (Phi) is 3.33. The first kappa shape index (κ1) is 12.7. The van der Waals surface area contributed by atoms with Gasteiger partial charge >= 0.3 is 0 Å². The van der Waals surface area contributed by atoms with Crippen molar-refractivity contribution in [2.75, 3.05) is 7.05 Å². The van der Waals surface area contributed by atoms with Gasteiger partial charge in [0, 0.05) is 16.5 Å². The zero-order chi connectivity index (χ0) is 13.4. The predicted molar refractivity (Wildman–Crippen MR) is 72.2 cm³/mol. The summed E-state index contributed by atoms with van der Waals surface area (Å²) in [5.74, 6) is -0.858. The molecule has 0 saturated heterocycles. The first-order chi connectivity index (χ1) is 9.19. The molecule has 1 unspecified atom stereocenters. The average molecular weight is 280 g/mol. The second-order valence-corrected chi connectivity index (χ2v) is 5.72. The molecule has 5 heteroatoms. The molecule has 19 heavy (non-hydrogen) atoms. The molecule has 0 aliphatic heterocycles. The number of hydrogen-bond acceptors (Lipinski definition) is 3. The molecule has 1 aromatic carbocycles. The van der Waals surface area contributed by atoms with Gasteiger partial charge in [-0.1, -0.05) is 0 Å². The monoisotopic (exact) mass is 280 g/mol. The highest BCUT2D eigenvalue weighted by atomic mass is 32.1. The lowest BCUT2D eigenvalue weighted by Crippen LogP contribution is -2.19. The zero-order valence-electron chi connectivity index (χ0n) is 10.5. The molecule has 3 rings (SSSR count). The molecule has 100 valence electrons. The van der Waals surface area contributed by atoms with Gasteiger partial charge in [0.15, 0.2) is 0 Å². The summed E-state index contributed by atoms with van der Waals surface area (Å²) in [7, 11) is 1.92. The maximum atomic E-state index is 13.8. The quantitative estimate of drug-likeness (QED) is 0.907. The number of fused-ring (bicyclic) bond motifs is 1. The van der Waals surface area contributed by atoms with Gasteiger partial charge in [-0.15, -0.1) is 11.3 Å². The molecule has 0 fully saturated rings. The van der Waals surface area contributed by atoms with E-state index in [1.165, 1.54) is 17.4 Å². The smallest absolute Gasteiger partial charge is 0.133 e. The van der Waals surface area contributed by atoms with E-state index in [2.05, 4.69) is 10.3 Å². The molecule has 0 bridgehead atoms. The number of halogens is 2. The van der Waals surface area contributed by atoms with Gasteiger partial charge in [0.2, 0.25) is 0 Å². The van der Waals surface area contributed by atoms with Crippen LogP contribution in [0.3, 0.4) is 0 Å². The van der Waals surface area contributed by atoms with Gasteiger partial charge in [-0.05, 0) is 44.5 Å². The van der Waals surface area contributed by atoms with Crippen LogP contribution < -0.4 is 5.32 Å². The van der Waals surface area contributed by atoms with Crippen molar-refractivity contribution < 1.29 is 8.78 Å². The molecular weight excluding hydrogens is 266 g/mol. The third-order valence-corrected chi connectivity index (χ3v) is 4.70. The molecule has 1 aliphatic carbocycles. The predicted octanol–water partition coefficient (Wildman–Crippen LogP) is 3.69. The molecule has 1 atom stereocenters. The Balaban J connectivity index is 2.07. The molecule has 1 aromatic heterocycles. The largest absolute Gasteiger partial charge is 0.312 e. The van der Waals surface area contributed by atoms with Crippen molar-refractivity contribution in [2.24, 2.45) is 0 Å². The Morgan fingerprint density at radius 1 is 1.37 bits per heavy atom. The Labute approximate surface area is 114 Å². The third-order valence-electron chi connectivity index (χ3n) is 3.46. The summed E-state index contributed by atoms with van der Waals surface area (Å²) in [5.41, 5.74) is 1.28. The summed E-state index contributed by atoms with van der Waals surface area (Å²) in [5, 5.41) is 3.83. The molecule has 1 aliphatic rings. The first-order valence-electron chi connectivity index (χ1n) is 6.31. The van der Waals surface area contributed by atoms with Crippen LogP contribution in [0.5, 0.6) is 0 Å². The van der Waals surface area contributed by atoms with Crippen molar-refractivity contribution in [3.8, 4) is 10.6 Å². The van der Waals surface area contributed by atoms with Crippen LogP contribution in [0, 0.1) is 11.6 Å². The number of thiazole rings is 1. The van der Waals surface area contributed by atoms with E-state index in [-0.39, 0.29) is 11.6 Å². The molecular formula is C14H14F2N2S. The van der Waals surface area contributed by atoms with E-state index >= 15 is 0 Å². The lowest BCUT2D eigenvalue weighted by molar-refractivity contribution is 0.501. The average Bonchev–Trinajstić information content (AvgIpc) is 2.85. The van der Waals surface area contributed by atoms with Crippen LogP contribution in [-0.2, 0) is 6.42 Å². The lowest BCUT2D eigenvalue weighted by atomic mass is 9.98. The normalized spacial score (nSPS) is 18.4. The minimum Gasteiger partial charge on any atom is -0.312 e. The summed E-state index contributed by atoms with van der Waals surface area (Å²) in [6, 6.07) is 3.78. The van der Waals surface area contributed by atoms with Crippen LogP contribution >= 0.6 is 11.3 Å². The van der Waals surface area contributed by atoms with Crippen molar-refractivity contribution in [3.63, 3.8) is 0 Å². The fourth-order valence-corrected chi connectivity index (χ4v) is 3.75. The Bertz CT molecular complexity index is 609. The maximum Gasteiger partial charge on any atom is 0.133 e. The minimum absolute atomic E-state index is 0.259. The first-order valence-corrected chi connectivity index (χ1v) is 7.13. The van der Waals surface area contributed by atoms with Crippen molar-refractivity contribution in [1.82, 2.24) is 10.3 Å². The molecule has 0 saturated carbocycles. The van der Waals surface area contributed by atoms with Crippen LogP contribution in [0.15, 0.2) is 18.2 Å². The molecule has 0 amide bonds. The number of nitrogens with one attached hydrogen (secondary N) is 1. The van der Waals surface area contributed by atoms with Crippen molar-refractivity contribution in [3.05, 3.63) is 40.4 Å². The highest BCUT2D eigenvalue weighted by Crippen LogP contribution is 2.38. The standard InChI is InChI=1S/C14H14F2N2S/c1-17-11-3-2-4-12-13(11)19-14(18-12)9-7-8(15)5-6-10(9)16/h5-7,11,17H,2-4H2,1H3. The maximum absolute atomic E-state index is 13.8. The zero-order valence-corrected chi connectivity index (χ0v) is 11.4. The van der Waals surface area contributed by atoms with E-state index < -0.39 is 11.6 Å². The van der Waals surface area contributed by atoms with Crippen LogP contribution in [0.4, 0.5) is 8.78 Å². The Morgan fingerprint density at radius 3 is 3.00 bits per heavy atom. The molecule has 1 heterocycles. The van der Waals surface area contributed by atoms with Gasteiger partial charge in [0.25, 0.3) is 0 Å². The van der Waals surface area contributed by atoms with Crippen molar-refractivity contribution in [1.29, 1.82) is 0 Å². The Hall–Kier alpha value is -1.33. The number of rotatable bonds is 2. The number of benzene rings is 1. The van der Waals surface area contributed by atoms with Gasteiger partial charge in [-0.25, -0.2) is 13.8 Å². The van der Waals surface area contributed by atoms with Gasteiger partial charge in [0.05, 0.1) is 5.69 Å². The number of aryl methyl sites for hydroxylation is 1. The molecule has 0 radical (unpaired) electrons. The molecule has 2 aromatic rings. The van der Waals surface area contributed by atoms with E-state index in [0.29, 0.717) is 5.01 Å². The van der Waals surface area contributed by atoms with E-state index in [4.69, 9.17) is 0 Å². The van der Waals surface area contributed by atoms with E-state index in [9.17, 15) is 8.78 Å². The van der Waals surface area contributed by atoms with E-state index in [0.717, 1.165) is 42.0 Å².